The molecule has 0 spiro atoms. The zero-order chi connectivity index (χ0) is 12.8. The number of hydrogen-bond acceptors (Lipinski definition) is 3. The molecule has 0 heterocycles. The molecule has 0 aromatic heterocycles. The molecule has 1 aromatic rings. The molecule has 0 aliphatic rings. The van der Waals surface area contributed by atoms with Crippen LogP contribution in [-0.2, 0) is 9.59 Å². The highest BCUT2D eigenvalue weighted by molar-refractivity contribution is 5.94. The van der Waals surface area contributed by atoms with Gasteiger partial charge in [-0.15, -0.1) is 0 Å². The van der Waals surface area contributed by atoms with E-state index in [0.717, 1.165) is 0 Å². The van der Waals surface area contributed by atoms with Crippen LogP contribution >= 0.6 is 0 Å². The second-order valence-corrected chi connectivity index (χ2v) is 3.51. The number of hydrogen-bond donors (Lipinski definition) is 1. The summed E-state index contributed by atoms with van der Waals surface area (Å²) in [5.74, 6) is -1.29. The Bertz CT molecular complexity index is 477. The Morgan fingerprint density at radius 3 is 2.71 bits per heavy atom. The first-order valence-corrected chi connectivity index (χ1v) is 5.03. The van der Waals surface area contributed by atoms with Gasteiger partial charge in [-0.05, 0) is 18.2 Å². The third-order valence-corrected chi connectivity index (χ3v) is 2.29. The van der Waals surface area contributed by atoms with Gasteiger partial charge in [0, 0.05) is 19.2 Å². The lowest BCUT2D eigenvalue weighted by molar-refractivity contribution is -0.138. The largest absolute Gasteiger partial charge is 0.481 e. The van der Waals surface area contributed by atoms with Crippen LogP contribution < -0.4 is 4.90 Å². The maximum absolute atomic E-state index is 11.6. The summed E-state index contributed by atoms with van der Waals surface area (Å²) in [6.07, 6.45) is -0.246. The fraction of sp³-hybridized carbons (Fsp3) is 0.250. The van der Waals surface area contributed by atoms with E-state index in [2.05, 4.69) is 0 Å². The normalized spacial score (nSPS) is 9.41. The first kappa shape index (κ1) is 12.7. The van der Waals surface area contributed by atoms with Gasteiger partial charge in [-0.2, -0.15) is 5.26 Å². The first-order chi connectivity index (χ1) is 8.04. The van der Waals surface area contributed by atoms with Gasteiger partial charge in [-0.1, -0.05) is 6.07 Å². The molecule has 0 atom stereocenters. The summed E-state index contributed by atoms with van der Waals surface area (Å²) in [4.78, 5) is 23.3. The highest BCUT2D eigenvalue weighted by Gasteiger charge is 2.12. The van der Waals surface area contributed by atoms with E-state index in [-0.39, 0.29) is 18.7 Å². The number of rotatable bonds is 4. The molecular formula is C12H12N2O3. The number of carbonyl (C=O) groups is 2. The molecule has 0 bridgehead atoms. The SMILES string of the molecule is CN(C(=O)CCC(=O)O)c1cccc(C#N)c1. The number of aliphatic carboxylic acids is 1. The maximum atomic E-state index is 11.6. The number of carboxylic acids is 1. The summed E-state index contributed by atoms with van der Waals surface area (Å²) in [6, 6.07) is 8.57. The third-order valence-electron chi connectivity index (χ3n) is 2.29. The van der Waals surface area contributed by atoms with Crippen molar-refractivity contribution >= 4 is 17.6 Å². The second-order valence-electron chi connectivity index (χ2n) is 3.51. The van der Waals surface area contributed by atoms with Crippen molar-refractivity contribution in [3.8, 4) is 6.07 Å². The van der Waals surface area contributed by atoms with Gasteiger partial charge in [0.15, 0.2) is 0 Å². The molecule has 88 valence electrons. The van der Waals surface area contributed by atoms with Gasteiger partial charge < -0.3 is 10.0 Å². The number of anilines is 1. The molecule has 0 saturated carbocycles. The van der Waals surface area contributed by atoms with Crippen molar-refractivity contribution in [1.82, 2.24) is 0 Å². The van der Waals surface area contributed by atoms with Crippen molar-refractivity contribution in [3.05, 3.63) is 29.8 Å². The minimum Gasteiger partial charge on any atom is -0.481 e. The van der Waals surface area contributed by atoms with E-state index in [1.165, 1.54) is 4.90 Å². The molecule has 1 aromatic carbocycles. The van der Waals surface area contributed by atoms with Crippen LogP contribution in [0, 0.1) is 11.3 Å². The average Bonchev–Trinajstić information content (AvgIpc) is 2.35. The summed E-state index contributed by atoms with van der Waals surface area (Å²) in [5, 5.41) is 17.2. The highest BCUT2D eigenvalue weighted by atomic mass is 16.4. The number of carbonyl (C=O) groups excluding carboxylic acids is 1. The predicted molar refractivity (Wildman–Crippen MR) is 61.4 cm³/mol. The van der Waals surface area contributed by atoms with E-state index in [0.29, 0.717) is 11.3 Å². The van der Waals surface area contributed by atoms with Crippen molar-refractivity contribution in [3.63, 3.8) is 0 Å². The van der Waals surface area contributed by atoms with Gasteiger partial charge in [0.1, 0.15) is 0 Å². The molecule has 5 nitrogen and oxygen atoms in total. The molecule has 1 amide bonds. The van der Waals surface area contributed by atoms with E-state index < -0.39 is 5.97 Å². The van der Waals surface area contributed by atoms with E-state index in [9.17, 15) is 9.59 Å². The monoisotopic (exact) mass is 232 g/mol. The van der Waals surface area contributed by atoms with Gasteiger partial charge in [0.05, 0.1) is 18.1 Å². The number of nitriles is 1. The van der Waals surface area contributed by atoms with Crippen LogP contribution in [0.25, 0.3) is 0 Å². The predicted octanol–water partition coefficient (Wildman–Crippen LogP) is 1.39. The molecule has 0 saturated heterocycles. The molecule has 5 heteroatoms. The molecule has 0 aliphatic carbocycles. The first-order valence-electron chi connectivity index (χ1n) is 5.03. The van der Waals surface area contributed by atoms with E-state index >= 15 is 0 Å². The van der Waals surface area contributed by atoms with Crippen LogP contribution in [0.1, 0.15) is 18.4 Å². The average molecular weight is 232 g/mol. The third kappa shape index (κ3) is 3.61. The minimum atomic E-state index is -1.00. The Balaban J connectivity index is 2.75. The second kappa shape index (κ2) is 5.66. The summed E-state index contributed by atoms with van der Waals surface area (Å²) in [5.41, 5.74) is 1.04. The summed E-state index contributed by atoms with van der Waals surface area (Å²) >= 11 is 0. The quantitative estimate of drug-likeness (QED) is 0.850. The van der Waals surface area contributed by atoms with Crippen molar-refractivity contribution in [2.45, 2.75) is 12.8 Å². The Morgan fingerprint density at radius 1 is 1.41 bits per heavy atom. The lowest BCUT2D eigenvalue weighted by atomic mass is 10.2. The van der Waals surface area contributed by atoms with Gasteiger partial charge in [0.2, 0.25) is 5.91 Å². The van der Waals surface area contributed by atoms with E-state index in [1.54, 1.807) is 31.3 Å². The van der Waals surface area contributed by atoms with Crippen LogP contribution in [0.2, 0.25) is 0 Å². The fourth-order valence-corrected chi connectivity index (χ4v) is 1.31. The Kier molecular flexibility index (Phi) is 4.23. The Morgan fingerprint density at radius 2 is 2.12 bits per heavy atom. The lowest BCUT2D eigenvalue weighted by Gasteiger charge is -2.16. The summed E-state index contributed by atoms with van der Waals surface area (Å²) < 4.78 is 0. The number of amides is 1. The van der Waals surface area contributed by atoms with Crippen LogP contribution in [-0.4, -0.2) is 24.0 Å². The molecule has 1 N–H and O–H groups in total. The smallest absolute Gasteiger partial charge is 0.303 e. The number of carboxylic acid groups (broad SMARTS) is 1. The molecule has 1 rings (SSSR count). The van der Waals surface area contributed by atoms with Gasteiger partial charge in [-0.3, -0.25) is 9.59 Å². The minimum absolute atomic E-state index is 0.0530. The molecule has 0 radical (unpaired) electrons. The fourth-order valence-electron chi connectivity index (χ4n) is 1.31. The van der Waals surface area contributed by atoms with Crippen molar-refractivity contribution in [2.24, 2.45) is 0 Å². The maximum Gasteiger partial charge on any atom is 0.303 e. The Labute approximate surface area is 98.9 Å². The van der Waals surface area contributed by atoms with E-state index in [4.69, 9.17) is 10.4 Å². The van der Waals surface area contributed by atoms with Crippen molar-refractivity contribution in [1.29, 1.82) is 5.26 Å². The lowest BCUT2D eigenvalue weighted by Crippen LogP contribution is -2.26. The summed E-state index contributed by atoms with van der Waals surface area (Å²) in [7, 11) is 1.56. The van der Waals surface area contributed by atoms with Crippen LogP contribution in [0.15, 0.2) is 24.3 Å². The molecule has 0 unspecified atom stereocenters. The highest BCUT2D eigenvalue weighted by Crippen LogP contribution is 2.15. The number of benzene rings is 1. The van der Waals surface area contributed by atoms with E-state index in [1.807, 2.05) is 6.07 Å². The topological polar surface area (TPSA) is 81.4 Å². The molecule has 0 fully saturated rings. The van der Waals surface area contributed by atoms with Gasteiger partial charge in [0.25, 0.3) is 0 Å². The molecular weight excluding hydrogens is 220 g/mol. The van der Waals surface area contributed by atoms with Gasteiger partial charge in [-0.25, -0.2) is 0 Å². The van der Waals surface area contributed by atoms with Crippen LogP contribution in [0.4, 0.5) is 5.69 Å². The molecule has 0 aliphatic heterocycles. The van der Waals surface area contributed by atoms with Crippen LogP contribution in [0.3, 0.4) is 0 Å². The zero-order valence-corrected chi connectivity index (χ0v) is 9.38. The summed E-state index contributed by atoms with van der Waals surface area (Å²) in [6.45, 7) is 0. The van der Waals surface area contributed by atoms with Crippen LogP contribution in [0.5, 0.6) is 0 Å². The molecule has 17 heavy (non-hydrogen) atoms. The van der Waals surface area contributed by atoms with Crippen molar-refractivity contribution in [2.75, 3.05) is 11.9 Å². The van der Waals surface area contributed by atoms with Gasteiger partial charge >= 0.3 is 5.97 Å². The van der Waals surface area contributed by atoms with Crippen molar-refractivity contribution < 1.29 is 14.7 Å². The standard InChI is InChI=1S/C12H12N2O3/c1-14(11(15)5-6-12(16)17)10-4-2-3-9(7-10)8-13/h2-4,7H,5-6H2,1H3,(H,16,17). The Hall–Kier alpha value is -2.35. The number of nitrogens with zero attached hydrogens (tertiary/aromatic N) is 2. The zero-order valence-electron chi connectivity index (χ0n) is 9.38.